The summed E-state index contributed by atoms with van der Waals surface area (Å²) in [7, 11) is 0. The van der Waals surface area contributed by atoms with E-state index in [4.69, 9.17) is 0 Å². The van der Waals surface area contributed by atoms with Crippen LogP contribution in [0.2, 0.25) is 0 Å². The van der Waals surface area contributed by atoms with Crippen molar-refractivity contribution < 1.29 is 9.59 Å². The molecule has 2 saturated carbocycles. The van der Waals surface area contributed by atoms with Gasteiger partial charge in [-0.05, 0) is 31.6 Å². The average Bonchev–Trinajstić information content (AvgIpc) is 3.00. The predicted molar refractivity (Wildman–Crippen MR) is 77.1 cm³/mol. The first-order valence-corrected chi connectivity index (χ1v) is 8.31. The number of likely N-dealkylation sites (tertiary alicyclic amines) is 1. The van der Waals surface area contributed by atoms with E-state index in [0.29, 0.717) is 12.5 Å². The fourth-order valence-electron chi connectivity index (χ4n) is 3.72. The summed E-state index contributed by atoms with van der Waals surface area (Å²) in [5.74, 6) is 0.933. The molecule has 2 atom stereocenters. The number of hydrogen-bond donors (Lipinski definition) is 1. The Bertz CT molecular complexity index is 386. The van der Waals surface area contributed by atoms with Gasteiger partial charge in [0.05, 0.1) is 12.5 Å². The molecule has 4 nitrogen and oxygen atoms in total. The van der Waals surface area contributed by atoms with E-state index in [2.05, 4.69) is 12.2 Å². The summed E-state index contributed by atoms with van der Waals surface area (Å²) < 4.78 is 0. The van der Waals surface area contributed by atoms with E-state index in [-0.39, 0.29) is 23.9 Å². The normalized spacial score (nSPS) is 29.4. The highest BCUT2D eigenvalue weighted by Gasteiger charge is 2.43. The van der Waals surface area contributed by atoms with Gasteiger partial charge in [-0.3, -0.25) is 14.5 Å². The maximum absolute atomic E-state index is 12.5. The summed E-state index contributed by atoms with van der Waals surface area (Å²) in [6.45, 7) is 2.16. The average molecular weight is 278 g/mol. The number of imide groups is 1. The quantitative estimate of drug-likeness (QED) is 0.758. The van der Waals surface area contributed by atoms with Crippen LogP contribution in [0.4, 0.5) is 0 Å². The molecule has 0 radical (unpaired) electrons. The zero-order valence-corrected chi connectivity index (χ0v) is 12.4. The lowest BCUT2D eigenvalue weighted by Gasteiger charge is -2.24. The van der Waals surface area contributed by atoms with Crippen LogP contribution in [-0.2, 0) is 9.59 Å². The monoisotopic (exact) mass is 278 g/mol. The Labute approximate surface area is 121 Å². The van der Waals surface area contributed by atoms with E-state index in [9.17, 15) is 9.59 Å². The Morgan fingerprint density at radius 3 is 2.50 bits per heavy atom. The molecule has 0 spiro atoms. The van der Waals surface area contributed by atoms with Crippen molar-refractivity contribution in [2.24, 2.45) is 5.92 Å². The van der Waals surface area contributed by atoms with Crippen LogP contribution in [0.5, 0.6) is 0 Å². The Morgan fingerprint density at radius 1 is 1.20 bits per heavy atom. The molecule has 0 aromatic rings. The topological polar surface area (TPSA) is 49.4 Å². The van der Waals surface area contributed by atoms with E-state index in [1.807, 2.05) is 0 Å². The van der Waals surface area contributed by atoms with Crippen LogP contribution < -0.4 is 5.32 Å². The molecule has 2 aliphatic carbocycles. The van der Waals surface area contributed by atoms with Gasteiger partial charge in [-0.25, -0.2) is 0 Å². The van der Waals surface area contributed by atoms with Gasteiger partial charge in [0.2, 0.25) is 11.8 Å². The number of hydrogen-bond acceptors (Lipinski definition) is 3. The fourth-order valence-corrected chi connectivity index (χ4v) is 3.72. The molecule has 3 rings (SSSR count). The number of amides is 2. The molecule has 3 fully saturated rings. The Morgan fingerprint density at radius 2 is 1.90 bits per heavy atom. The number of carbonyl (C=O) groups excluding carboxylic acids is 2. The van der Waals surface area contributed by atoms with Gasteiger partial charge in [0.1, 0.15) is 0 Å². The molecule has 0 aromatic carbocycles. The molecular weight excluding hydrogens is 252 g/mol. The predicted octanol–water partition coefficient (Wildman–Crippen LogP) is 2.22. The molecule has 1 heterocycles. The third-order valence-electron chi connectivity index (χ3n) is 5.12. The van der Waals surface area contributed by atoms with E-state index in [1.165, 1.54) is 12.8 Å². The summed E-state index contributed by atoms with van der Waals surface area (Å²) in [4.78, 5) is 26.2. The molecule has 4 heteroatoms. The molecule has 0 aromatic heterocycles. The summed E-state index contributed by atoms with van der Waals surface area (Å²) in [6.07, 6.45) is 9.56. The molecule has 1 N–H and O–H groups in total. The second-order valence-electron chi connectivity index (χ2n) is 6.75. The zero-order valence-electron chi connectivity index (χ0n) is 12.4. The molecular formula is C16H26N2O2. The molecule has 1 aliphatic heterocycles. The molecule has 0 bridgehead atoms. The lowest BCUT2D eigenvalue weighted by molar-refractivity contribution is -0.141. The first-order chi connectivity index (χ1) is 9.69. The molecule has 112 valence electrons. The minimum atomic E-state index is -0.258. The van der Waals surface area contributed by atoms with Gasteiger partial charge in [-0.1, -0.05) is 32.6 Å². The third kappa shape index (κ3) is 2.90. The lowest BCUT2D eigenvalue weighted by atomic mass is 10.1. The van der Waals surface area contributed by atoms with Crippen LogP contribution in [0.15, 0.2) is 0 Å². The van der Waals surface area contributed by atoms with Gasteiger partial charge in [-0.15, -0.1) is 0 Å². The maximum atomic E-state index is 12.5. The number of carbonyl (C=O) groups is 2. The van der Waals surface area contributed by atoms with Crippen LogP contribution in [0.3, 0.4) is 0 Å². The van der Waals surface area contributed by atoms with Gasteiger partial charge >= 0.3 is 0 Å². The number of nitrogens with zero attached hydrogens (tertiary/aromatic N) is 1. The smallest absolute Gasteiger partial charge is 0.247 e. The van der Waals surface area contributed by atoms with Gasteiger partial charge in [0.25, 0.3) is 0 Å². The maximum Gasteiger partial charge on any atom is 0.247 e. The van der Waals surface area contributed by atoms with Crippen molar-refractivity contribution in [1.82, 2.24) is 10.2 Å². The second kappa shape index (κ2) is 5.84. The minimum Gasteiger partial charge on any atom is -0.303 e. The zero-order chi connectivity index (χ0) is 14.1. The molecule has 1 saturated heterocycles. The number of rotatable bonds is 6. The third-order valence-corrected chi connectivity index (χ3v) is 5.12. The van der Waals surface area contributed by atoms with Crippen LogP contribution in [0, 0.1) is 5.92 Å². The van der Waals surface area contributed by atoms with Gasteiger partial charge < -0.3 is 5.32 Å². The molecule has 3 aliphatic rings. The van der Waals surface area contributed by atoms with Crippen LogP contribution >= 0.6 is 0 Å². The highest BCUT2D eigenvalue weighted by Crippen LogP contribution is 2.34. The van der Waals surface area contributed by atoms with Gasteiger partial charge in [-0.2, -0.15) is 0 Å². The summed E-state index contributed by atoms with van der Waals surface area (Å²) in [5.41, 5.74) is 0. The van der Waals surface area contributed by atoms with Crippen LogP contribution in [0.25, 0.3) is 0 Å². The van der Waals surface area contributed by atoms with Gasteiger partial charge in [0.15, 0.2) is 0 Å². The minimum absolute atomic E-state index is 0.0381. The summed E-state index contributed by atoms with van der Waals surface area (Å²) in [6, 6.07) is 0.324. The first kappa shape index (κ1) is 14.1. The summed E-state index contributed by atoms with van der Waals surface area (Å²) >= 11 is 0. The van der Waals surface area contributed by atoms with Crippen LogP contribution in [-0.4, -0.2) is 34.8 Å². The van der Waals surface area contributed by atoms with E-state index in [1.54, 1.807) is 4.90 Å². The first-order valence-electron chi connectivity index (χ1n) is 8.31. The molecule has 2 unspecified atom stereocenters. The van der Waals surface area contributed by atoms with Crippen molar-refractivity contribution in [2.45, 2.75) is 82.8 Å². The Kier molecular flexibility index (Phi) is 4.11. The SMILES string of the molecule is CCC(CC1CC1)NC1CC(=O)N(C2CCCC2)C1=O. The summed E-state index contributed by atoms with van der Waals surface area (Å²) in [5, 5.41) is 3.46. The number of nitrogens with one attached hydrogen (secondary N) is 1. The van der Waals surface area contributed by atoms with Crippen molar-refractivity contribution in [3.05, 3.63) is 0 Å². The lowest BCUT2D eigenvalue weighted by Crippen LogP contribution is -2.46. The highest BCUT2D eigenvalue weighted by molar-refractivity contribution is 6.05. The largest absolute Gasteiger partial charge is 0.303 e. The van der Waals surface area contributed by atoms with Crippen molar-refractivity contribution >= 4 is 11.8 Å². The van der Waals surface area contributed by atoms with Crippen molar-refractivity contribution in [2.75, 3.05) is 0 Å². The molecule has 2 amide bonds. The highest BCUT2D eigenvalue weighted by atomic mass is 16.2. The van der Waals surface area contributed by atoms with Crippen molar-refractivity contribution in [3.63, 3.8) is 0 Å². The van der Waals surface area contributed by atoms with Crippen molar-refractivity contribution in [3.8, 4) is 0 Å². The standard InChI is InChI=1S/C16H26N2O2/c1-2-12(9-11-7-8-11)17-14-10-15(19)18(16(14)20)13-5-3-4-6-13/h11-14,17H,2-10H2,1H3. The Hall–Kier alpha value is -0.900. The fraction of sp³-hybridized carbons (Fsp3) is 0.875. The molecule has 20 heavy (non-hydrogen) atoms. The van der Waals surface area contributed by atoms with Crippen LogP contribution in [0.1, 0.15) is 64.7 Å². The van der Waals surface area contributed by atoms with Crippen molar-refractivity contribution in [1.29, 1.82) is 0 Å². The second-order valence-corrected chi connectivity index (χ2v) is 6.75. The van der Waals surface area contributed by atoms with Gasteiger partial charge in [0, 0.05) is 12.1 Å². The van der Waals surface area contributed by atoms with E-state index in [0.717, 1.165) is 44.4 Å². The van der Waals surface area contributed by atoms with E-state index < -0.39 is 0 Å². The Balaban J connectivity index is 1.59. The van der Waals surface area contributed by atoms with E-state index >= 15 is 0 Å².